The summed E-state index contributed by atoms with van der Waals surface area (Å²) in [6, 6.07) is 10.4. The fraction of sp³-hybridized carbons (Fsp3) is 0.263. The fourth-order valence-corrected chi connectivity index (χ4v) is 3.00. The summed E-state index contributed by atoms with van der Waals surface area (Å²) >= 11 is 18.0. The van der Waals surface area contributed by atoms with E-state index in [0.717, 1.165) is 11.1 Å². The number of halogens is 3. The van der Waals surface area contributed by atoms with E-state index in [-0.39, 0.29) is 5.91 Å². The lowest BCUT2D eigenvalue weighted by Gasteiger charge is -2.15. The van der Waals surface area contributed by atoms with Gasteiger partial charge in [0.1, 0.15) is 5.75 Å². The molecule has 0 fully saturated rings. The highest BCUT2D eigenvalue weighted by molar-refractivity contribution is 6.37. The fourth-order valence-electron chi connectivity index (χ4n) is 2.26. The van der Waals surface area contributed by atoms with Crippen molar-refractivity contribution in [3.05, 3.63) is 62.6 Å². The zero-order valence-electron chi connectivity index (χ0n) is 14.6. The molecule has 2 rings (SSSR count). The summed E-state index contributed by atoms with van der Waals surface area (Å²) in [6.07, 6.45) is -0.134. The van der Waals surface area contributed by atoms with Crippen molar-refractivity contribution in [2.75, 3.05) is 0 Å². The van der Waals surface area contributed by atoms with Crippen molar-refractivity contribution < 1.29 is 9.53 Å². The molecule has 0 spiro atoms. The molecule has 0 saturated heterocycles. The second-order valence-electron chi connectivity index (χ2n) is 5.68. The average Bonchev–Trinajstić information content (AvgIpc) is 2.59. The standard InChI is InChI=1S/C19H19Cl3N2O2/c1-4-17(15-7-5-14(21)10-16(15)22)23-24-19(25)12(3)26-18-8-6-13(20)9-11(18)2/h5-10,12H,4H2,1-3H3,(H,24,25)/b23-17+. The number of hydrazone groups is 1. The molecule has 1 N–H and O–H groups in total. The highest BCUT2D eigenvalue weighted by Gasteiger charge is 2.16. The number of amides is 1. The first-order valence-corrected chi connectivity index (χ1v) is 9.19. The third kappa shape index (κ3) is 5.37. The third-order valence-electron chi connectivity index (χ3n) is 3.69. The molecule has 0 aromatic heterocycles. The van der Waals surface area contributed by atoms with Gasteiger partial charge < -0.3 is 4.74 Å². The molecule has 26 heavy (non-hydrogen) atoms. The maximum atomic E-state index is 12.3. The normalized spacial score (nSPS) is 12.6. The van der Waals surface area contributed by atoms with Gasteiger partial charge in [-0.05, 0) is 56.2 Å². The smallest absolute Gasteiger partial charge is 0.280 e. The van der Waals surface area contributed by atoms with Gasteiger partial charge in [0, 0.05) is 15.6 Å². The molecule has 1 amide bonds. The van der Waals surface area contributed by atoms with Gasteiger partial charge in [-0.25, -0.2) is 5.43 Å². The molecular weight excluding hydrogens is 395 g/mol. The summed E-state index contributed by atoms with van der Waals surface area (Å²) in [5.74, 6) is 0.230. The lowest BCUT2D eigenvalue weighted by Crippen LogP contribution is -2.34. The van der Waals surface area contributed by atoms with Crippen LogP contribution in [0.4, 0.5) is 0 Å². The van der Waals surface area contributed by atoms with Crippen LogP contribution in [0.3, 0.4) is 0 Å². The van der Waals surface area contributed by atoms with Crippen molar-refractivity contribution in [3.8, 4) is 5.75 Å². The second-order valence-corrected chi connectivity index (χ2v) is 6.96. The zero-order valence-corrected chi connectivity index (χ0v) is 16.9. The number of nitrogens with one attached hydrogen (secondary N) is 1. The number of nitrogens with zero attached hydrogens (tertiary/aromatic N) is 1. The molecule has 0 aliphatic carbocycles. The topological polar surface area (TPSA) is 50.7 Å². The molecule has 0 heterocycles. The van der Waals surface area contributed by atoms with Gasteiger partial charge in [-0.15, -0.1) is 0 Å². The number of carbonyl (C=O) groups is 1. The maximum absolute atomic E-state index is 12.3. The lowest BCUT2D eigenvalue weighted by atomic mass is 10.1. The number of carbonyl (C=O) groups excluding carboxylic acids is 1. The summed E-state index contributed by atoms with van der Waals surface area (Å²) in [4.78, 5) is 12.3. The molecule has 138 valence electrons. The molecule has 0 aliphatic heterocycles. The number of benzene rings is 2. The summed E-state index contributed by atoms with van der Waals surface area (Å²) in [6.45, 7) is 5.44. The molecular formula is C19H19Cl3N2O2. The van der Waals surface area contributed by atoms with Crippen molar-refractivity contribution in [1.29, 1.82) is 0 Å². The van der Waals surface area contributed by atoms with Crippen molar-refractivity contribution >= 4 is 46.4 Å². The Bertz CT molecular complexity index is 838. The van der Waals surface area contributed by atoms with Crippen LogP contribution < -0.4 is 10.2 Å². The molecule has 2 aromatic rings. The van der Waals surface area contributed by atoms with Crippen molar-refractivity contribution in [3.63, 3.8) is 0 Å². The third-order valence-corrected chi connectivity index (χ3v) is 4.47. The van der Waals surface area contributed by atoms with E-state index >= 15 is 0 Å². The van der Waals surface area contributed by atoms with Crippen LogP contribution in [0.5, 0.6) is 5.75 Å². The zero-order chi connectivity index (χ0) is 19.3. The van der Waals surface area contributed by atoms with Crippen LogP contribution in [0.25, 0.3) is 0 Å². The molecule has 0 aliphatic rings. The van der Waals surface area contributed by atoms with E-state index in [1.807, 2.05) is 13.8 Å². The van der Waals surface area contributed by atoms with Crippen molar-refractivity contribution in [2.24, 2.45) is 5.10 Å². The summed E-state index contributed by atoms with van der Waals surface area (Å²) < 4.78 is 5.69. The number of hydrogen-bond donors (Lipinski definition) is 1. The first kappa shape index (κ1) is 20.6. The van der Waals surface area contributed by atoms with E-state index in [2.05, 4.69) is 10.5 Å². The lowest BCUT2D eigenvalue weighted by molar-refractivity contribution is -0.127. The molecule has 0 radical (unpaired) electrons. The molecule has 1 atom stereocenters. The number of rotatable bonds is 6. The SMILES string of the molecule is CC/C(=N\NC(=O)C(C)Oc1ccc(Cl)cc1C)c1ccc(Cl)cc1Cl. The van der Waals surface area contributed by atoms with Gasteiger partial charge in [0.2, 0.25) is 0 Å². The average molecular weight is 414 g/mol. The summed E-state index contributed by atoms with van der Waals surface area (Å²) in [7, 11) is 0. The Hall–Kier alpha value is -1.75. The number of ether oxygens (including phenoxy) is 1. The molecule has 2 aromatic carbocycles. The quantitative estimate of drug-likeness (QED) is 0.491. The molecule has 0 bridgehead atoms. The van der Waals surface area contributed by atoms with Crippen LogP contribution >= 0.6 is 34.8 Å². The van der Waals surface area contributed by atoms with E-state index in [1.54, 1.807) is 43.3 Å². The van der Waals surface area contributed by atoms with Gasteiger partial charge in [-0.3, -0.25) is 4.79 Å². The van der Waals surface area contributed by atoms with Crippen LogP contribution in [-0.4, -0.2) is 17.7 Å². The predicted molar refractivity (Wildman–Crippen MR) is 108 cm³/mol. The first-order chi connectivity index (χ1) is 12.3. The van der Waals surface area contributed by atoms with Gasteiger partial charge in [0.15, 0.2) is 6.10 Å². The van der Waals surface area contributed by atoms with Crippen molar-refractivity contribution in [1.82, 2.24) is 5.43 Å². The minimum Gasteiger partial charge on any atom is -0.481 e. The highest BCUT2D eigenvalue weighted by Crippen LogP contribution is 2.24. The van der Waals surface area contributed by atoms with Gasteiger partial charge in [0.25, 0.3) is 5.91 Å². The Morgan fingerprint density at radius 1 is 1.15 bits per heavy atom. The van der Waals surface area contributed by atoms with E-state index in [9.17, 15) is 4.79 Å². The van der Waals surface area contributed by atoms with E-state index in [4.69, 9.17) is 39.5 Å². The Kier molecular flexibility index (Phi) is 7.33. The van der Waals surface area contributed by atoms with Crippen LogP contribution in [0.1, 0.15) is 31.4 Å². The molecule has 4 nitrogen and oxygen atoms in total. The van der Waals surface area contributed by atoms with E-state index in [1.165, 1.54) is 0 Å². The van der Waals surface area contributed by atoms with Gasteiger partial charge in [0.05, 0.1) is 10.7 Å². The first-order valence-electron chi connectivity index (χ1n) is 8.06. The largest absolute Gasteiger partial charge is 0.481 e. The Morgan fingerprint density at radius 3 is 2.42 bits per heavy atom. The van der Waals surface area contributed by atoms with E-state index < -0.39 is 6.10 Å². The Labute approximate surface area is 168 Å². The Balaban J connectivity index is 2.08. The number of aryl methyl sites for hydroxylation is 1. The van der Waals surface area contributed by atoms with Crippen LogP contribution in [0, 0.1) is 6.92 Å². The van der Waals surface area contributed by atoms with Gasteiger partial charge >= 0.3 is 0 Å². The summed E-state index contributed by atoms with van der Waals surface area (Å²) in [5.41, 5.74) is 4.75. The minimum absolute atomic E-state index is 0.365. The monoisotopic (exact) mass is 412 g/mol. The Morgan fingerprint density at radius 2 is 1.81 bits per heavy atom. The molecule has 0 saturated carbocycles. The molecule has 7 heteroatoms. The van der Waals surface area contributed by atoms with Crippen molar-refractivity contribution in [2.45, 2.75) is 33.3 Å². The van der Waals surface area contributed by atoms with Crippen LogP contribution in [0.15, 0.2) is 41.5 Å². The van der Waals surface area contributed by atoms with E-state index in [0.29, 0.717) is 32.9 Å². The minimum atomic E-state index is -0.725. The highest BCUT2D eigenvalue weighted by atomic mass is 35.5. The van der Waals surface area contributed by atoms with Crippen LogP contribution in [-0.2, 0) is 4.79 Å². The van der Waals surface area contributed by atoms with Gasteiger partial charge in [-0.2, -0.15) is 5.10 Å². The predicted octanol–water partition coefficient (Wildman–Crippen LogP) is 5.65. The maximum Gasteiger partial charge on any atom is 0.280 e. The second kappa shape index (κ2) is 9.26. The molecule has 1 unspecified atom stereocenters. The van der Waals surface area contributed by atoms with Crippen LogP contribution in [0.2, 0.25) is 15.1 Å². The summed E-state index contributed by atoms with van der Waals surface area (Å²) in [5, 5.41) is 5.83. The number of hydrogen-bond acceptors (Lipinski definition) is 3. The van der Waals surface area contributed by atoms with Gasteiger partial charge in [-0.1, -0.05) is 47.8 Å².